The summed E-state index contributed by atoms with van der Waals surface area (Å²) in [6.07, 6.45) is 0. The van der Waals surface area contributed by atoms with Gasteiger partial charge < -0.3 is 0 Å². The Morgan fingerprint density at radius 2 is 2.07 bits per heavy atom. The van der Waals surface area contributed by atoms with Crippen LogP contribution in [0.1, 0.15) is 17.7 Å². The summed E-state index contributed by atoms with van der Waals surface area (Å²) < 4.78 is 12.0. The zero-order chi connectivity index (χ0) is 10.8. The fraction of sp³-hybridized carbons (Fsp3) is 0.364. The molecule has 0 N–H and O–H groups in total. The molecule has 0 radical (unpaired) electrons. The number of hydrazone groups is 1. The molecule has 1 aliphatic rings. The second-order valence-corrected chi connectivity index (χ2v) is 5.41. The van der Waals surface area contributed by atoms with E-state index in [2.05, 4.69) is 5.10 Å². The lowest BCUT2D eigenvalue weighted by atomic mass is 10.1. The van der Waals surface area contributed by atoms with E-state index in [1.165, 1.54) is 0 Å². The molecular weight excluding hydrogens is 208 g/mol. The van der Waals surface area contributed by atoms with Crippen molar-refractivity contribution in [2.24, 2.45) is 5.10 Å². The molecule has 0 fully saturated rings. The van der Waals surface area contributed by atoms with Gasteiger partial charge in [0, 0.05) is 7.05 Å². The minimum absolute atomic E-state index is 0.0497. The third-order valence-electron chi connectivity index (χ3n) is 2.46. The average Bonchev–Trinajstić information content (AvgIpc) is 2.24. The molecule has 0 saturated carbocycles. The predicted molar refractivity (Wildman–Crippen MR) is 63.1 cm³/mol. The van der Waals surface area contributed by atoms with Gasteiger partial charge in [0.25, 0.3) is 0 Å². The highest BCUT2D eigenvalue weighted by Crippen LogP contribution is 2.24. The third-order valence-corrected chi connectivity index (χ3v) is 4.06. The van der Waals surface area contributed by atoms with Gasteiger partial charge in [-0.25, -0.2) is 0 Å². The number of likely N-dealkylation sites (N-methyl/N-ethyl adjacent to an activating group) is 1. The van der Waals surface area contributed by atoms with E-state index in [1.54, 1.807) is 0 Å². The number of benzene rings is 1. The van der Waals surface area contributed by atoms with E-state index >= 15 is 0 Å². The molecule has 80 valence electrons. The number of nitrogens with zero attached hydrogens (tertiary/aromatic N) is 2. The van der Waals surface area contributed by atoms with E-state index in [0.29, 0.717) is 11.6 Å². The maximum Gasteiger partial charge on any atom is 0.122 e. The quantitative estimate of drug-likeness (QED) is 0.725. The minimum atomic E-state index is -0.986. The van der Waals surface area contributed by atoms with Crippen molar-refractivity contribution in [3.63, 3.8) is 0 Å². The van der Waals surface area contributed by atoms with Crippen molar-refractivity contribution in [3.05, 3.63) is 35.9 Å². The highest BCUT2D eigenvalue weighted by molar-refractivity contribution is 8.00. The van der Waals surface area contributed by atoms with Crippen molar-refractivity contribution in [1.29, 1.82) is 0 Å². The second-order valence-electron chi connectivity index (χ2n) is 3.66. The topological polar surface area (TPSA) is 32.7 Å². The van der Waals surface area contributed by atoms with Crippen molar-refractivity contribution in [2.75, 3.05) is 13.6 Å². The molecule has 2 unspecified atom stereocenters. The monoisotopic (exact) mass is 222 g/mol. The van der Waals surface area contributed by atoms with Crippen LogP contribution in [0.3, 0.4) is 0 Å². The molecule has 15 heavy (non-hydrogen) atoms. The van der Waals surface area contributed by atoms with Gasteiger partial charge >= 0.3 is 0 Å². The summed E-state index contributed by atoms with van der Waals surface area (Å²) in [4.78, 5) is 0. The van der Waals surface area contributed by atoms with Gasteiger partial charge in [-0.2, -0.15) is 5.10 Å². The standard InChI is InChI=1S/C11H14N2OS/c1-9-12-13(2)8-11(15(9)14)10-6-4-3-5-7-10/h3-7,11H,8H2,1-2H3. The molecular formula is C11H14N2OS. The zero-order valence-corrected chi connectivity index (χ0v) is 9.70. The van der Waals surface area contributed by atoms with Crippen LogP contribution in [0.25, 0.3) is 0 Å². The number of rotatable bonds is 1. The largest absolute Gasteiger partial charge is 0.298 e. The van der Waals surface area contributed by atoms with E-state index in [9.17, 15) is 4.21 Å². The van der Waals surface area contributed by atoms with Gasteiger partial charge in [0.2, 0.25) is 0 Å². The van der Waals surface area contributed by atoms with Crippen LogP contribution in [-0.2, 0) is 10.8 Å². The molecule has 1 aromatic carbocycles. The van der Waals surface area contributed by atoms with Crippen molar-refractivity contribution in [1.82, 2.24) is 5.01 Å². The normalized spacial score (nSPS) is 26.3. The van der Waals surface area contributed by atoms with Gasteiger partial charge in [0.05, 0.1) is 22.6 Å². The summed E-state index contributed by atoms with van der Waals surface area (Å²) in [6, 6.07) is 9.98. The fourth-order valence-corrected chi connectivity index (χ4v) is 3.12. The second kappa shape index (κ2) is 4.14. The summed E-state index contributed by atoms with van der Waals surface area (Å²) >= 11 is 0. The molecule has 0 amide bonds. The number of hydrogen-bond donors (Lipinski definition) is 0. The van der Waals surface area contributed by atoms with Crippen molar-refractivity contribution >= 4 is 15.8 Å². The Morgan fingerprint density at radius 3 is 2.73 bits per heavy atom. The van der Waals surface area contributed by atoms with Crippen molar-refractivity contribution in [2.45, 2.75) is 12.2 Å². The molecule has 4 heteroatoms. The summed E-state index contributed by atoms with van der Waals surface area (Å²) in [5.74, 6) is 0. The summed E-state index contributed by atoms with van der Waals surface area (Å²) in [5.41, 5.74) is 1.12. The van der Waals surface area contributed by atoms with E-state index in [0.717, 1.165) is 5.56 Å². The maximum atomic E-state index is 12.0. The molecule has 1 aliphatic heterocycles. The van der Waals surface area contributed by atoms with E-state index < -0.39 is 10.8 Å². The molecule has 1 heterocycles. The van der Waals surface area contributed by atoms with Crippen molar-refractivity contribution in [3.8, 4) is 0 Å². The Kier molecular flexibility index (Phi) is 2.86. The lowest BCUT2D eigenvalue weighted by molar-refractivity contribution is 0.350. The van der Waals surface area contributed by atoms with E-state index in [1.807, 2.05) is 49.3 Å². The average molecular weight is 222 g/mol. The van der Waals surface area contributed by atoms with Gasteiger partial charge in [0.15, 0.2) is 0 Å². The van der Waals surface area contributed by atoms with Crippen LogP contribution in [0.15, 0.2) is 35.4 Å². The van der Waals surface area contributed by atoms with Gasteiger partial charge in [-0.1, -0.05) is 30.3 Å². The molecule has 0 aliphatic carbocycles. The molecule has 0 aromatic heterocycles. The predicted octanol–water partition coefficient (Wildman–Crippen LogP) is 1.76. The van der Waals surface area contributed by atoms with Crippen LogP contribution in [0.4, 0.5) is 0 Å². The van der Waals surface area contributed by atoms with E-state index in [-0.39, 0.29) is 5.25 Å². The first-order valence-corrected chi connectivity index (χ1v) is 6.11. The number of hydrogen-bond acceptors (Lipinski definition) is 3. The molecule has 0 bridgehead atoms. The highest BCUT2D eigenvalue weighted by atomic mass is 32.2. The highest BCUT2D eigenvalue weighted by Gasteiger charge is 2.26. The zero-order valence-electron chi connectivity index (χ0n) is 8.88. The Bertz CT molecular complexity index is 402. The molecule has 2 atom stereocenters. The van der Waals surface area contributed by atoms with Gasteiger partial charge in [-0.3, -0.25) is 9.22 Å². The first-order chi connectivity index (χ1) is 7.18. The Labute approximate surface area is 92.2 Å². The third kappa shape index (κ3) is 2.09. The van der Waals surface area contributed by atoms with E-state index in [4.69, 9.17) is 0 Å². The smallest absolute Gasteiger partial charge is 0.122 e. The minimum Gasteiger partial charge on any atom is -0.298 e. The summed E-state index contributed by atoms with van der Waals surface area (Å²) in [6.45, 7) is 2.54. The summed E-state index contributed by atoms with van der Waals surface area (Å²) in [7, 11) is 0.926. The Morgan fingerprint density at radius 1 is 1.40 bits per heavy atom. The summed E-state index contributed by atoms with van der Waals surface area (Å²) in [5, 5.41) is 6.80. The molecule has 3 nitrogen and oxygen atoms in total. The molecule has 1 aromatic rings. The maximum absolute atomic E-state index is 12.0. The molecule has 0 spiro atoms. The molecule has 2 rings (SSSR count). The SMILES string of the molecule is CC1=NN(C)CC(c2ccccc2)S1=O. The van der Waals surface area contributed by atoms with Crippen LogP contribution in [-0.4, -0.2) is 27.9 Å². The van der Waals surface area contributed by atoms with Crippen LogP contribution in [0, 0.1) is 0 Å². The fourth-order valence-electron chi connectivity index (χ4n) is 1.73. The first-order valence-electron chi connectivity index (χ1n) is 4.90. The van der Waals surface area contributed by atoms with Gasteiger partial charge in [-0.15, -0.1) is 0 Å². The van der Waals surface area contributed by atoms with Gasteiger partial charge in [0.1, 0.15) is 5.04 Å². The Balaban J connectivity index is 2.32. The van der Waals surface area contributed by atoms with Gasteiger partial charge in [-0.05, 0) is 12.5 Å². The van der Waals surface area contributed by atoms with Crippen LogP contribution in [0.2, 0.25) is 0 Å². The Hall–Kier alpha value is -1.16. The molecule has 0 saturated heterocycles. The van der Waals surface area contributed by atoms with Crippen LogP contribution >= 0.6 is 0 Å². The lowest BCUT2D eigenvalue weighted by Gasteiger charge is -2.27. The van der Waals surface area contributed by atoms with Crippen LogP contribution < -0.4 is 0 Å². The van der Waals surface area contributed by atoms with Crippen molar-refractivity contribution < 1.29 is 4.21 Å². The first kappa shape index (κ1) is 10.4. The van der Waals surface area contributed by atoms with Crippen LogP contribution in [0.5, 0.6) is 0 Å². The lowest BCUT2D eigenvalue weighted by Crippen LogP contribution is -2.31.